The van der Waals surface area contributed by atoms with Crippen molar-refractivity contribution in [3.8, 4) is 0 Å². The molecule has 1 aromatic heterocycles. The van der Waals surface area contributed by atoms with Gasteiger partial charge in [0.15, 0.2) is 10.9 Å². The van der Waals surface area contributed by atoms with Gasteiger partial charge in [0.25, 0.3) is 5.91 Å². The number of carbonyl (C=O) groups excluding carboxylic acids is 1. The number of rotatable bonds is 6. The molecule has 1 heterocycles. The molecule has 0 fully saturated rings. The molecule has 0 aliphatic rings. The Morgan fingerprint density at radius 3 is 2.89 bits per heavy atom. The van der Waals surface area contributed by atoms with Crippen molar-refractivity contribution >= 4 is 35.2 Å². The minimum absolute atomic E-state index is 0.0451. The molecule has 0 saturated heterocycles. The average Bonchev–Trinajstić information content (AvgIpc) is 2.38. The van der Waals surface area contributed by atoms with Gasteiger partial charge >= 0.3 is 5.97 Å². The molecule has 19 heavy (non-hydrogen) atoms. The van der Waals surface area contributed by atoms with E-state index < -0.39 is 17.9 Å². The van der Waals surface area contributed by atoms with Crippen LogP contribution in [0, 0.1) is 0 Å². The predicted molar refractivity (Wildman–Crippen MR) is 72.5 cm³/mol. The van der Waals surface area contributed by atoms with E-state index in [-0.39, 0.29) is 17.1 Å². The lowest BCUT2D eigenvalue weighted by atomic mass is 10.2. The molecule has 1 unspecified atom stereocenters. The molecule has 102 valence electrons. The Morgan fingerprint density at radius 2 is 2.37 bits per heavy atom. The van der Waals surface area contributed by atoms with Crippen LogP contribution in [0.1, 0.15) is 16.9 Å². The number of hydrogen-bond acceptors (Lipinski definition) is 5. The van der Waals surface area contributed by atoms with Crippen molar-refractivity contribution < 1.29 is 14.7 Å². The number of carbonyl (C=O) groups is 2. The van der Waals surface area contributed by atoms with Crippen molar-refractivity contribution in [1.29, 1.82) is 0 Å². The Labute approximate surface area is 119 Å². The molecular formula is C11H12ClN3O3S. The van der Waals surface area contributed by atoms with Gasteiger partial charge in [-0.2, -0.15) is 0 Å². The third-order valence-corrected chi connectivity index (χ3v) is 2.96. The Morgan fingerprint density at radius 1 is 1.68 bits per heavy atom. The highest BCUT2D eigenvalue weighted by molar-refractivity contribution is 7.98. The smallest absolute Gasteiger partial charge is 0.326 e. The van der Waals surface area contributed by atoms with Crippen LogP contribution in [-0.2, 0) is 4.79 Å². The van der Waals surface area contributed by atoms with Gasteiger partial charge < -0.3 is 10.4 Å². The second-order valence-corrected chi connectivity index (χ2v) is 4.62. The summed E-state index contributed by atoms with van der Waals surface area (Å²) in [6.07, 6.45) is 4.58. The van der Waals surface area contributed by atoms with Crippen LogP contribution in [0.3, 0.4) is 0 Å². The SMILES string of the molecule is C=CCC(NC(=O)c1nc(SC)ncc1Cl)C(=O)O. The van der Waals surface area contributed by atoms with Gasteiger partial charge in [0.1, 0.15) is 6.04 Å². The van der Waals surface area contributed by atoms with Gasteiger partial charge in [0, 0.05) is 0 Å². The summed E-state index contributed by atoms with van der Waals surface area (Å²) in [7, 11) is 0. The van der Waals surface area contributed by atoms with Gasteiger partial charge in [-0.05, 0) is 12.7 Å². The Bertz CT molecular complexity index is 510. The van der Waals surface area contributed by atoms with Crippen molar-refractivity contribution in [2.75, 3.05) is 6.26 Å². The lowest BCUT2D eigenvalue weighted by Gasteiger charge is -2.12. The maximum atomic E-state index is 11.9. The van der Waals surface area contributed by atoms with Crippen molar-refractivity contribution in [3.05, 3.63) is 29.6 Å². The Kier molecular flexibility index (Phi) is 5.78. The molecule has 0 aliphatic carbocycles. The second-order valence-electron chi connectivity index (χ2n) is 3.44. The second kappa shape index (κ2) is 7.10. The topological polar surface area (TPSA) is 92.2 Å². The Balaban J connectivity index is 2.93. The van der Waals surface area contributed by atoms with Gasteiger partial charge in [-0.3, -0.25) is 4.79 Å². The standard InChI is InChI=1S/C11H12ClN3O3S/c1-3-4-7(10(17)18)14-9(16)8-6(12)5-13-11(15-8)19-2/h3,5,7H,1,4H2,2H3,(H,14,16)(H,17,18). The molecule has 1 amide bonds. The van der Waals surface area contributed by atoms with E-state index in [1.54, 1.807) is 6.26 Å². The van der Waals surface area contributed by atoms with E-state index >= 15 is 0 Å². The molecule has 0 aliphatic heterocycles. The van der Waals surface area contributed by atoms with Crippen LogP contribution in [0.15, 0.2) is 24.0 Å². The number of nitrogens with one attached hydrogen (secondary N) is 1. The molecule has 1 aromatic rings. The summed E-state index contributed by atoms with van der Waals surface area (Å²) in [4.78, 5) is 30.7. The molecule has 6 nitrogen and oxygen atoms in total. The zero-order valence-electron chi connectivity index (χ0n) is 10.1. The van der Waals surface area contributed by atoms with Gasteiger partial charge in [-0.15, -0.1) is 6.58 Å². The van der Waals surface area contributed by atoms with E-state index in [2.05, 4.69) is 21.9 Å². The zero-order valence-corrected chi connectivity index (χ0v) is 11.7. The summed E-state index contributed by atoms with van der Waals surface area (Å²) in [5.41, 5.74) is -0.0451. The van der Waals surface area contributed by atoms with Crippen LogP contribution >= 0.6 is 23.4 Å². The van der Waals surface area contributed by atoms with Crippen LogP contribution in [0.5, 0.6) is 0 Å². The molecule has 1 rings (SSSR count). The number of carboxylic acids is 1. The first-order chi connectivity index (χ1) is 8.99. The number of thioether (sulfide) groups is 1. The summed E-state index contributed by atoms with van der Waals surface area (Å²) < 4.78 is 0. The van der Waals surface area contributed by atoms with E-state index in [0.717, 1.165) is 0 Å². The highest BCUT2D eigenvalue weighted by Gasteiger charge is 2.22. The fourth-order valence-corrected chi connectivity index (χ4v) is 1.74. The van der Waals surface area contributed by atoms with Gasteiger partial charge in [0.05, 0.1) is 11.2 Å². The first-order valence-corrected chi connectivity index (χ1v) is 6.81. The first-order valence-electron chi connectivity index (χ1n) is 5.20. The predicted octanol–water partition coefficient (Wildman–Crippen LogP) is 1.61. The van der Waals surface area contributed by atoms with E-state index in [1.807, 2.05) is 0 Å². The normalized spacial score (nSPS) is 11.7. The van der Waals surface area contributed by atoms with Crippen molar-refractivity contribution in [2.45, 2.75) is 17.6 Å². The fourth-order valence-electron chi connectivity index (χ4n) is 1.22. The molecule has 1 atom stereocenters. The number of nitrogens with zero attached hydrogens (tertiary/aromatic N) is 2. The van der Waals surface area contributed by atoms with Crippen molar-refractivity contribution in [3.63, 3.8) is 0 Å². The third-order valence-electron chi connectivity index (χ3n) is 2.13. The number of amides is 1. The van der Waals surface area contributed by atoms with Crippen LogP contribution in [-0.4, -0.2) is 39.2 Å². The van der Waals surface area contributed by atoms with E-state index in [1.165, 1.54) is 24.0 Å². The maximum Gasteiger partial charge on any atom is 0.326 e. The Hall–Kier alpha value is -1.60. The van der Waals surface area contributed by atoms with Gasteiger partial charge in [-0.1, -0.05) is 29.4 Å². The van der Waals surface area contributed by atoms with Crippen LogP contribution in [0.2, 0.25) is 5.02 Å². The first kappa shape index (κ1) is 15.5. The molecule has 2 N–H and O–H groups in total. The van der Waals surface area contributed by atoms with Crippen molar-refractivity contribution in [1.82, 2.24) is 15.3 Å². The number of aliphatic carboxylic acids is 1. The summed E-state index contributed by atoms with van der Waals surface area (Å²) in [5.74, 6) is -1.81. The minimum Gasteiger partial charge on any atom is -0.480 e. The highest BCUT2D eigenvalue weighted by Crippen LogP contribution is 2.16. The summed E-state index contributed by atoms with van der Waals surface area (Å²) in [5, 5.41) is 11.7. The van der Waals surface area contributed by atoms with Gasteiger partial charge in [-0.25, -0.2) is 14.8 Å². The van der Waals surface area contributed by atoms with Crippen LogP contribution < -0.4 is 5.32 Å². The van der Waals surface area contributed by atoms with Crippen LogP contribution in [0.4, 0.5) is 0 Å². The number of halogens is 1. The summed E-state index contributed by atoms with van der Waals surface area (Å²) >= 11 is 7.08. The molecule has 0 bridgehead atoms. The largest absolute Gasteiger partial charge is 0.480 e. The lowest BCUT2D eigenvalue weighted by Crippen LogP contribution is -2.40. The fraction of sp³-hybridized carbons (Fsp3) is 0.273. The monoisotopic (exact) mass is 301 g/mol. The quantitative estimate of drug-likeness (QED) is 0.471. The van der Waals surface area contributed by atoms with Crippen molar-refractivity contribution in [2.24, 2.45) is 0 Å². The molecule has 0 radical (unpaired) electrons. The molecule has 0 aromatic carbocycles. The van der Waals surface area contributed by atoms with E-state index in [0.29, 0.717) is 5.16 Å². The number of aromatic nitrogens is 2. The highest BCUT2D eigenvalue weighted by atomic mass is 35.5. The summed E-state index contributed by atoms with van der Waals surface area (Å²) in [6.45, 7) is 3.44. The molecule has 0 saturated carbocycles. The van der Waals surface area contributed by atoms with E-state index in [9.17, 15) is 9.59 Å². The molecule has 0 spiro atoms. The molecule has 8 heteroatoms. The lowest BCUT2D eigenvalue weighted by molar-refractivity contribution is -0.139. The van der Waals surface area contributed by atoms with Gasteiger partial charge in [0.2, 0.25) is 0 Å². The number of carboxylic acid groups (broad SMARTS) is 1. The zero-order chi connectivity index (χ0) is 14.4. The number of hydrogen-bond donors (Lipinski definition) is 2. The average molecular weight is 302 g/mol. The molecular weight excluding hydrogens is 290 g/mol. The van der Waals surface area contributed by atoms with Crippen LogP contribution in [0.25, 0.3) is 0 Å². The minimum atomic E-state index is -1.15. The third kappa shape index (κ3) is 4.22. The maximum absolute atomic E-state index is 11.9. The van der Waals surface area contributed by atoms with E-state index in [4.69, 9.17) is 16.7 Å². The summed E-state index contributed by atoms with van der Waals surface area (Å²) in [6, 6.07) is -1.06.